The molecule has 6 rings (SSSR count). The largest absolute Gasteiger partial charge is 0.534 e. The molecular formula is C32H36F3N3O6S. The van der Waals surface area contributed by atoms with E-state index < -0.39 is 27.3 Å². The molecule has 3 aliphatic rings. The van der Waals surface area contributed by atoms with Gasteiger partial charge < -0.3 is 18.6 Å². The Balaban J connectivity index is 1.26. The van der Waals surface area contributed by atoms with E-state index >= 15 is 0 Å². The zero-order valence-corrected chi connectivity index (χ0v) is 26.3. The van der Waals surface area contributed by atoms with Crippen LogP contribution in [0, 0.1) is 5.92 Å². The number of rotatable bonds is 7. The van der Waals surface area contributed by atoms with Crippen molar-refractivity contribution in [1.82, 2.24) is 14.9 Å². The predicted octanol–water partition coefficient (Wildman–Crippen LogP) is 7.28. The predicted molar refractivity (Wildman–Crippen MR) is 160 cm³/mol. The van der Waals surface area contributed by atoms with Crippen molar-refractivity contribution in [2.45, 2.75) is 75.4 Å². The Bertz CT molecular complexity index is 1700. The number of nitrogens with one attached hydrogen (secondary N) is 1. The first-order valence-electron chi connectivity index (χ1n) is 15.0. The second-order valence-corrected chi connectivity index (χ2v) is 14.6. The fourth-order valence-corrected chi connectivity index (χ4v) is 7.49. The van der Waals surface area contributed by atoms with Gasteiger partial charge in [-0.15, -0.1) is 0 Å². The third-order valence-electron chi connectivity index (χ3n) is 8.82. The molecule has 1 amide bonds. The highest BCUT2D eigenvalue weighted by atomic mass is 32.2. The summed E-state index contributed by atoms with van der Waals surface area (Å²) in [5, 5.41) is 0. The Morgan fingerprint density at radius 2 is 1.67 bits per heavy atom. The fourth-order valence-electron chi connectivity index (χ4n) is 7.02. The smallest absolute Gasteiger partial charge is 0.444 e. The summed E-state index contributed by atoms with van der Waals surface area (Å²) in [5.41, 5.74) is -1.36. The standard InChI is InChI=1S/C32H36F3N3O6S/c1-31(2,3)43-30(39)38-16-18(17-42-4)13-25(38)29-36-15-24(37-29)20-7-5-19(6-8-20)23-11-12-26(44-45(40,41)32(33,34)35)28-22-10-9-21(14-22)27(23)28/h5-8,11-12,15,18,21-22,25H,9-10,13-14,16-17H2,1-4H3,(H,36,37)/t18-,21?,22?,25-/m0/s1. The number of hydrogen-bond donors (Lipinski definition) is 1. The van der Waals surface area contributed by atoms with Gasteiger partial charge in [0, 0.05) is 25.1 Å². The Kier molecular flexibility index (Phi) is 7.91. The van der Waals surface area contributed by atoms with Crippen LogP contribution in [0.5, 0.6) is 5.75 Å². The third-order valence-corrected chi connectivity index (χ3v) is 9.78. The van der Waals surface area contributed by atoms with E-state index in [9.17, 15) is 26.4 Å². The van der Waals surface area contributed by atoms with Gasteiger partial charge in [0.2, 0.25) is 0 Å². The fraction of sp³-hybridized carbons (Fsp3) is 0.500. The van der Waals surface area contributed by atoms with Crippen molar-refractivity contribution >= 4 is 16.2 Å². The summed E-state index contributed by atoms with van der Waals surface area (Å²) in [6, 6.07) is 10.4. The van der Waals surface area contributed by atoms with Crippen molar-refractivity contribution in [3.05, 3.63) is 59.5 Å². The van der Waals surface area contributed by atoms with Crippen LogP contribution in [0.15, 0.2) is 42.6 Å². The second kappa shape index (κ2) is 11.3. The van der Waals surface area contributed by atoms with E-state index in [1.165, 1.54) is 6.07 Å². The molecule has 9 nitrogen and oxygen atoms in total. The van der Waals surface area contributed by atoms with Crippen molar-refractivity contribution in [2.24, 2.45) is 5.92 Å². The average Bonchev–Trinajstić information content (AvgIpc) is 3.76. The molecule has 3 aromatic rings. The number of H-pyrrole nitrogens is 1. The number of fused-ring (bicyclic) bond motifs is 5. The Hall–Kier alpha value is -3.58. The molecule has 2 heterocycles. The minimum Gasteiger partial charge on any atom is -0.444 e. The van der Waals surface area contributed by atoms with Crippen LogP contribution >= 0.6 is 0 Å². The molecular weight excluding hydrogens is 611 g/mol. The van der Waals surface area contributed by atoms with Crippen LogP contribution in [0.3, 0.4) is 0 Å². The third kappa shape index (κ3) is 6.04. The highest BCUT2D eigenvalue weighted by Gasteiger charge is 2.50. The average molecular weight is 648 g/mol. The van der Waals surface area contributed by atoms with Crippen LogP contribution < -0.4 is 4.18 Å². The molecule has 242 valence electrons. The lowest BCUT2D eigenvalue weighted by Gasteiger charge is -2.27. The zero-order valence-electron chi connectivity index (χ0n) is 25.5. The summed E-state index contributed by atoms with van der Waals surface area (Å²) in [5.74, 6) is 0.651. The molecule has 1 saturated heterocycles. The number of nitrogens with zero attached hydrogens (tertiary/aromatic N) is 2. The Labute approximate surface area is 260 Å². The number of imidazole rings is 1. The van der Waals surface area contributed by atoms with Gasteiger partial charge in [0.15, 0.2) is 0 Å². The van der Waals surface area contributed by atoms with Gasteiger partial charge in [-0.25, -0.2) is 9.78 Å². The van der Waals surface area contributed by atoms with Crippen molar-refractivity contribution in [2.75, 3.05) is 20.3 Å². The van der Waals surface area contributed by atoms with E-state index in [1.807, 2.05) is 45.0 Å². The number of benzene rings is 2. The summed E-state index contributed by atoms with van der Waals surface area (Å²) in [6.07, 6.45) is 4.44. The molecule has 1 aliphatic heterocycles. The van der Waals surface area contributed by atoms with E-state index in [1.54, 1.807) is 24.3 Å². The first-order chi connectivity index (χ1) is 21.1. The lowest BCUT2D eigenvalue weighted by Crippen LogP contribution is -2.37. The number of carbonyl (C=O) groups excluding carboxylic acids is 1. The monoisotopic (exact) mass is 647 g/mol. The van der Waals surface area contributed by atoms with Crippen LogP contribution in [0.1, 0.15) is 81.3 Å². The maximum atomic E-state index is 13.1. The topological polar surface area (TPSA) is 111 Å². The number of methoxy groups -OCH3 is 1. The first-order valence-corrected chi connectivity index (χ1v) is 16.4. The lowest BCUT2D eigenvalue weighted by molar-refractivity contribution is -0.0500. The van der Waals surface area contributed by atoms with Crippen LogP contribution in [-0.2, 0) is 19.6 Å². The van der Waals surface area contributed by atoms with Crippen molar-refractivity contribution in [3.63, 3.8) is 0 Å². The van der Waals surface area contributed by atoms with Crippen LogP contribution in [0.2, 0.25) is 0 Å². The molecule has 0 spiro atoms. The van der Waals surface area contributed by atoms with Gasteiger partial charge in [-0.3, -0.25) is 4.90 Å². The molecule has 45 heavy (non-hydrogen) atoms. The maximum absolute atomic E-state index is 13.1. The van der Waals surface area contributed by atoms with E-state index in [0.717, 1.165) is 47.2 Å². The van der Waals surface area contributed by atoms with Crippen LogP contribution in [0.25, 0.3) is 22.4 Å². The normalized spacial score (nSPS) is 23.0. The highest BCUT2D eigenvalue weighted by Crippen LogP contribution is 2.58. The molecule has 2 unspecified atom stereocenters. The number of alkyl halides is 3. The molecule has 2 aromatic carbocycles. The summed E-state index contributed by atoms with van der Waals surface area (Å²) in [7, 11) is -4.14. The van der Waals surface area contributed by atoms with Crippen molar-refractivity contribution < 1.29 is 40.0 Å². The Morgan fingerprint density at radius 3 is 2.31 bits per heavy atom. The SMILES string of the molecule is COC[C@H]1C[C@@H](c2ncc(-c3ccc(-c4ccc(OS(=O)(=O)C(F)(F)F)c5c4C4CCC5C4)cc3)[nH]2)N(C(=O)OC(C)(C)C)C1. The lowest BCUT2D eigenvalue weighted by atomic mass is 9.85. The summed E-state index contributed by atoms with van der Waals surface area (Å²) < 4.78 is 78.5. The molecule has 2 bridgehead atoms. The van der Waals surface area contributed by atoms with Gasteiger partial charge in [-0.2, -0.15) is 21.6 Å². The van der Waals surface area contributed by atoms with Gasteiger partial charge in [-0.05, 0) is 86.6 Å². The van der Waals surface area contributed by atoms with E-state index in [4.69, 9.17) is 9.47 Å². The summed E-state index contributed by atoms with van der Waals surface area (Å²) in [6.45, 7) is 6.50. The zero-order chi connectivity index (χ0) is 32.3. The molecule has 2 fully saturated rings. The number of aromatic amines is 1. The highest BCUT2D eigenvalue weighted by molar-refractivity contribution is 7.88. The van der Waals surface area contributed by atoms with E-state index in [-0.39, 0.29) is 29.5 Å². The minimum atomic E-state index is -5.77. The van der Waals surface area contributed by atoms with Crippen molar-refractivity contribution in [1.29, 1.82) is 0 Å². The maximum Gasteiger partial charge on any atom is 0.534 e. The first kappa shape index (κ1) is 31.4. The van der Waals surface area contributed by atoms with Gasteiger partial charge >= 0.3 is 21.7 Å². The molecule has 2 aliphatic carbocycles. The number of hydrogen-bond acceptors (Lipinski definition) is 7. The number of carbonyl (C=O) groups is 1. The van der Waals surface area contributed by atoms with Crippen LogP contribution in [0.4, 0.5) is 18.0 Å². The minimum absolute atomic E-state index is 0.0367. The number of likely N-dealkylation sites (tertiary alicyclic amines) is 1. The Morgan fingerprint density at radius 1 is 1.00 bits per heavy atom. The summed E-state index contributed by atoms with van der Waals surface area (Å²) >= 11 is 0. The second-order valence-electron chi connectivity index (χ2n) is 13.1. The quantitative estimate of drug-likeness (QED) is 0.212. The van der Waals surface area contributed by atoms with Gasteiger partial charge in [0.05, 0.1) is 24.5 Å². The molecule has 1 saturated carbocycles. The number of halogens is 3. The molecule has 4 atom stereocenters. The summed E-state index contributed by atoms with van der Waals surface area (Å²) in [4.78, 5) is 22.7. The number of ether oxygens (including phenoxy) is 2. The molecule has 0 radical (unpaired) electrons. The van der Waals surface area contributed by atoms with E-state index in [0.29, 0.717) is 31.0 Å². The van der Waals surface area contributed by atoms with Gasteiger partial charge in [-0.1, -0.05) is 30.3 Å². The van der Waals surface area contributed by atoms with Crippen LogP contribution in [-0.4, -0.2) is 60.7 Å². The number of amides is 1. The van der Waals surface area contributed by atoms with E-state index in [2.05, 4.69) is 14.2 Å². The molecule has 13 heteroatoms. The molecule has 1 aromatic heterocycles. The molecule has 1 N–H and O–H groups in total. The van der Waals surface area contributed by atoms with Gasteiger partial charge in [0.25, 0.3) is 0 Å². The number of aromatic nitrogens is 2. The van der Waals surface area contributed by atoms with Gasteiger partial charge in [0.1, 0.15) is 17.2 Å². The van der Waals surface area contributed by atoms with Crippen molar-refractivity contribution in [3.8, 4) is 28.1 Å².